The molecule has 0 saturated carbocycles. The van der Waals surface area contributed by atoms with E-state index in [4.69, 9.17) is 13.3 Å². The van der Waals surface area contributed by atoms with Crippen LogP contribution in [0.2, 0.25) is 58.9 Å². The van der Waals surface area contributed by atoms with E-state index in [0.717, 1.165) is 10.2 Å². The van der Waals surface area contributed by atoms with E-state index in [0.29, 0.717) is 0 Å². The zero-order chi connectivity index (χ0) is 14.1. The third kappa shape index (κ3) is 10.4. The zero-order valence-corrected chi connectivity index (χ0v) is 18.2. The second-order valence-corrected chi connectivity index (χ2v) is 22.0. The molecule has 0 radical (unpaired) electrons. The second-order valence-electron chi connectivity index (χ2n) is 7.51. The summed E-state index contributed by atoms with van der Waals surface area (Å²) in [6.45, 7) is 19.6. The Labute approximate surface area is 113 Å². The van der Waals surface area contributed by atoms with E-state index in [1.807, 2.05) is 0 Å². The van der Waals surface area contributed by atoms with Crippen LogP contribution in [0.4, 0.5) is 0 Å². The lowest BCUT2D eigenvalue weighted by Gasteiger charge is -2.43. The molecule has 3 nitrogen and oxygen atoms in total. The Bertz CT molecular complexity index is 209. The van der Waals surface area contributed by atoms with Gasteiger partial charge in [-0.05, 0) is 58.9 Å². The van der Waals surface area contributed by atoms with E-state index in [9.17, 15) is 0 Å². The maximum absolute atomic E-state index is 6.20. The number of hydrogen-bond donors (Lipinski definition) is 0. The zero-order valence-electron chi connectivity index (χ0n) is 13.2. The van der Waals surface area contributed by atoms with Crippen LogP contribution in [-0.4, -0.2) is 40.8 Å². The molecule has 7 heteroatoms. The third-order valence-electron chi connectivity index (χ3n) is 1.47. The largest absolute Gasteiger partial charge is 0.376 e. The Morgan fingerprint density at radius 3 is 0.882 bits per heavy atom. The van der Waals surface area contributed by atoms with Gasteiger partial charge in [-0.15, -0.1) is 0 Å². The van der Waals surface area contributed by atoms with Crippen LogP contribution in [-0.2, 0) is 13.3 Å². The summed E-state index contributed by atoms with van der Waals surface area (Å²) < 4.78 is 18.6. The van der Waals surface area contributed by atoms with Crippen molar-refractivity contribution >= 4 is 35.2 Å². The maximum atomic E-state index is 6.20. The minimum Gasteiger partial charge on any atom is -0.376 e. The molecule has 17 heavy (non-hydrogen) atoms. The summed E-state index contributed by atoms with van der Waals surface area (Å²) in [5, 5.41) is 0. The van der Waals surface area contributed by atoms with E-state index >= 15 is 0 Å². The molecule has 0 aliphatic heterocycles. The summed E-state index contributed by atoms with van der Waals surface area (Å²) in [5.41, 5.74) is -0.723. The van der Waals surface area contributed by atoms with Gasteiger partial charge in [0.25, 0.3) is 0 Å². The van der Waals surface area contributed by atoms with Crippen molar-refractivity contribution in [3.63, 3.8) is 0 Å². The molecule has 0 rings (SSSR count). The van der Waals surface area contributed by atoms with Gasteiger partial charge in [0.05, 0.1) is 0 Å². The molecule has 0 aromatic heterocycles. The van der Waals surface area contributed by atoms with Gasteiger partial charge >= 0.3 is 0 Å². The fourth-order valence-electron chi connectivity index (χ4n) is 1.73. The molecule has 0 bridgehead atoms. The maximum Gasteiger partial charge on any atom is 0.217 e. The Morgan fingerprint density at radius 2 is 0.765 bits per heavy atom. The topological polar surface area (TPSA) is 27.7 Å². The highest BCUT2D eigenvalue weighted by atomic mass is 28.4. The number of hydrogen-bond acceptors (Lipinski definition) is 3. The fraction of sp³-hybridized carbons (Fsp3) is 1.00. The first-order valence-electron chi connectivity index (χ1n) is 6.22. The Balaban J connectivity index is 4.95. The smallest absolute Gasteiger partial charge is 0.217 e. The highest BCUT2D eigenvalue weighted by Gasteiger charge is 2.40. The summed E-state index contributed by atoms with van der Waals surface area (Å²) in [6.07, 6.45) is 0. The standard InChI is InChI=1S/C10H30O3Si4/c1-15(2,3)11-10(14,12-16(4,5)6)13-17(7,8)9/h1-9,14H3. The van der Waals surface area contributed by atoms with Crippen molar-refractivity contribution in [1.82, 2.24) is 0 Å². The van der Waals surface area contributed by atoms with E-state index in [-0.39, 0.29) is 0 Å². The van der Waals surface area contributed by atoms with Gasteiger partial charge in [-0.25, -0.2) is 0 Å². The van der Waals surface area contributed by atoms with Crippen LogP contribution in [0.5, 0.6) is 0 Å². The lowest BCUT2D eigenvalue weighted by Crippen LogP contribution is -2.56. The molecule has 0 aromatic carbocycles. The van der Waals surface area contributed by atoms with Crippen LogP contribution in [0, 0.1) is 0 Å². The number of rotatable bonds is 6. The van der Waals surface area contributed by atoms with Gasteiger partial charge < -0.3 is 13.3 Å². The molecule has 0 amide bonds. The molecule has 0 N–H and O–H groups in total. The van der Waals surface area contributed by atoms with Crippen LogP contribution >= 0.6 is 0 Å². The first-order chi connectivity index (χ1) is 7.12. The molecule has 0 atom stereocenters. The SMILES string of the molecule is C[Si](C)(C)OC([SiH3])(O[Si](C)(C)C)O[Si](C)(C)C. The van der Waals surface area contributed by atoms with Crippen molar-refractivity contribution < 1.29 is 13.3 Å². The highest BCUT2D eigenvalue weighted by Crippen LogP contribution is 2.26. The average Bonchev–Trinajstić information content (AvgIpc) is 1.65. The summed E-state index contributed by atoms with van der Waals surface area (Å²) in [7, 11) is -4.24. The summed E-state index contributed by atoms with van der Waals surface area (Å²) in [5.74, 6) is 0. The van der Waals surface area contributed by atoms with Crippen LogP contribution in [0.1, 0.15) is 0 Å². The monoisotopic (exact) mass is 310 g/mol. The lowest BCUT2D eigenvalue weighted by atomic mass is 11.3. The lowest BCUT2D eigenvalue weighted by molar-refractivity contribution is -0.201. The normalized spacial score (nSPS) is 15.4. The molecule has 0 heterocycles. The first kappa shape index (κ1) is 17.7. The van der Waals surface area contributed by atoms with Crippen molar-refractivity contribution in [2.75, 3.05) is 0 Å². The van der Waals surface area contributed by atoms with Crippen molar-refractivity contribution in [2.45, 2.75) is 64.5 Å². The van der Waals surface area contributed by atoms with Crippen molar-refractivity contribution in [1.29, 1.82) is 0 Å². The van der Waals surface area contributed by atoms with Gasteiger partial charge in [0.2, 0.25) is 5.60 Å². The van der Waals surface area contributed by atoms with Gasteiger partial charge in [-0.1, -0.05) is 0 Å². The van der Waals surface area contributed by atoms with E-state index in [1.165, 1.54) is 0 Å². The fourth-order valence-corrected chi connectivity index (χ4v) is 11.1. The van der Waals surface area contributed by atoms with Gasteiger partial charge in [0, 0.05) is 0 Å². The van der Waals surface area contributed by atoms with Gasteiger partial charge in [-0.3, -0.25) is 0 Å². The summed E-state index contributed by atoms with van der Waals surface area (Å²) in [6, 6.07) is 0. The second kappa shape index (κ2) is 5.39. The molecule has 0 fully saturated rings. The average molecular weight is 311 g/mol. The Morgan fingerprint density at radius 1 is 0.588 bits per heavy atom. The summed E-state index contributed by atoms with van der Waals surface area (Å²) >= 11 is 0. The highest BCUT2D eigenvalue weighted by molar-refractivity contribution is 6.72. The summed E-state index contributed by atoms with van der Waals surface area (Å²) in [4.78, 5) is 0. The van der Waals surface area contributed by atoms with Gasteiger partial charge in [-0.2, -0.15) is 0 Å². The molecule has 0 aliphatic rings. The quantitative estimate of drug-likeness (QED) is 0.557. The van der Waals surface area contributed by atoms with Gasteiger partial charge in [0.15, 0.2) is 25.0 Å². The predicted molar refractivity (Wildman–Crippen MR) is 86.0 cm³/mol. The van der Waals surface area contributed by atoms with Crippen molar-refractivity contribution in [2.24, 2.45) is 0 Å². The molecule has 0 aromatic rings. The molecule has 0 unspecified atom stereocenters. The minimum atomic E-state index is -1.66. The van der Waals surface area contributed by atoms with E-state index < -0.39 is 30.5 Å². The molecular formula is C10H30O3Si4. The molecule has 0 spiro atoms. The molecule has 0 aliphatic carbocycles. The van der Waals surface area contributed by atoms with Crippen LogP contribution < -0.4 is 0 Å². The third-order valence-corrected chi connectivity index (χ3v) is 6.26. The van der Waals surface area contributed by atoms with Crippen LogP contribution in [0.15, 0.2) is 0 Å². The molecule has 104 valence electrons. The van der Waals surface area contributed by atoms with Crippen LogP contribution in [0.3, 0.4) is 0 Å². The van der Waals surface area contributed by atoms with Crippen molar-refractivity contribution in [3.8, 4) is 0 Å². The Hall–Kier alpha value is 0.748. The minimum absolute atomic E-state index is 0.723. The first-order valence-corrected chi connectivity index (χ1v) is 17.4. The van der Waals surface area contributed by atoms with Gasteiger partial charge in [0.1, 0.15) is 10.2 Å². The van der Waals surface area contributed by atoms with E-state index in [1.54, 1.807) is 0 Å². The van der Waals surface area contributed by atoms with E-state index in [2.05, 4.69) is 58.9 Å². The van der Waals surface area contributed by atoms with Crippen LogP contribution in [0.25, 0.3) is 0 Å². The molecular weight excluding hydrogens is 280 g/mol. The predicted octanol–water partition coefficient (Wildman–Crippen LogP) is 2.52. The Kier molecular flexibility index (Phi) is 5.63. The van der Waals surface area contributed by atoms with Crippen molar-refractivity contribution in [3.05, 3.63) is 0 Å². The molecule has 0 saturated heterocycles.